The third-order valence-electron chi connectivity index (χ3n) is 4.03. The molecule has 2 atom stereocenters. The summed E-state index contributed by atoms with van der Waals surface area (Å²) < 4.78 is 5.49. The van der Waals surface area contributed by atoms with Crippen molar-refractivity contribution in [3.05, 3.63) is 29.3 Å². The minimum Gasteiger partial charge on any atom is -0.508 e. The van der Waals surface area contributed by atoms with Crippen molar-refractivity contribution >= 4 is 0 Å². The van der Waals surface area contributed by atoms with Crippen molar-refractivity contribution in [1.82, 2.24) is 4.90 Å². The first-order valence-corrected chi connectivity index (χ1v) is 6.41. The van der Waals surface area contributed by atoms with Crippen molar-refractivity contribution in [3.8, 4) is 5.75 Å². The predicted molar refractivity (Wildman–Crippen MR) is 66.2 cm³/mol. The molecule has 1 aliphatic carbocycles. The SMILES string of the molecule is CC1COCCN1C1CCc2c(O)cccc21. The first-order chi connectivity index (χ1) is 8.27. The summed E-state index contributed by atoms with van der Waals surface area (Å²) in [6.07, 6.45) is 2.12. The van der Waals surface area contributed by atoms with Gasteiger partial charge in [-0.15, -0.1) is 0 Å². The highest BCUT2D eigenvalue weighted by Gasteiger charge is 2.33. The Morgan fingerprint density at radius 2 is 2.29 bits per heavy atom. The van der Waals surface area contributed by atoms with Crippen LogP contribution in [0.25, 0.3) is 0 Å². The van der Waals surface area contributed by atoms with E-state index in [2.05, 4.69) is 17.9 Å². The third-order valence-corrected chi connectivity index (χ3v) is 4.03. The van der Waals surface area contributed by atoms with Crippen molar-refractivity contribution in [2.75, 3.05) is 19.8 Å². The van der Waals surface area contributed by atoms with E-state index in [1.165, 1.54) is 5.56 Å². The first kappa shape index (κ1) is 11.1. The molecular formula is C14H19NO2. The van der Waals surface area contributed by atoms with Crippen LogP contribution in [0.3, 0.4) is 0 Å². The Balaban J connectivity index is 1.90. The van der Waals surface area contributed by atoms with E-state index in [9.17, 15) is 5.11 Å². The molecule has 0 saturated carbocycles. The van der Waals surface area contributed by atoms with Gasteiger partial charge in [0.2, 0.25) is 0 Å². The summed E-state index contributed by atoms with van der Waals surface area (Å²) in [6.45, 7) is 4.88. The van der Waals surface area contributed by atoms with Crippen LogP contribution in [0.1, 0.15) is 30.5 Å². The number of phenolic OH excluding ortho intramolecular Hbond substituents is 1. The van der Waals surface area contributed by atoms with E-state index < -0.39 is 0 Å². The van der Waals surface area contributed by atoms with Crippen LogP contribution in [-0.4, -0.2) is 35.8 Å². The molecule has 92 valence electrons. The maximum atomic E-state index is 9.87. The molecule has 3 heteroatoms. The molecule has 0 bridgehead atoms. The Morgan fingerprint density at radius 3 is 3.12 bits per heavy atom. The number of aromatic hydroxyl groups is 1. The van der Waals surface area contributed by atoms with Crippen molar-refractivity contribution in [2.24, 2.45) is 0 Å². The Bertz CT molecular complexity index is 419. The molecular weight excluding hydrogens is 214 g/mol. The lowest BCUT2D eigenvalue weighted by molar-refractivity contribution is -0.0223. The van der Waals surface area contributed by atoms with Crippen LogP contribution in [-0.2, 0) is 11.2 Å². The monoisotopic (exact) mass is 233 g/mol. The molecule has 1 N–H and O–H groups in total. The summed E-state index contributed by atoms with van der Waals surface area (Å²) in [5.41, 5.74) is 2.47. The highest BCUT2D eigenvalue weighted by molar-refractivity contribution is 5.44. The Labute approximate surface area is 102 Å². The van der Waals surface area contributed by atoms with Gasteiger partial charge in [0.25, 0.3) is 0 Å². The average Bonchev–Trinajstić information content (AvgIpc) is 2.75. The zero-order valence-corrected chi connectivity index (χ0v) is 10.2. The molecule has 0 spiro atoms. The molecule has 1 aromatic carbocycles. The molecule has 1 aliphatic heterocycles. The van der Waals surface area contributed by atoms with E-state index in [-0.39, 0.29) is 0 Å². The Kier molecular flexibility index (Phi) is 2.81. The fourth-order valence-electron chi connectivity index (χ4n) is 3.16. The summed E-state index contributed by atoms with van der Waals surface area (Å²) in [7, 11) is 0. The number of hydrogen-bond acceptors (Lipinski definition) is 3. The highest BCUT2D eigenvalue weighted by Crippen LogP contribution is 2.40. The van der Waals surface area contributed by atoms with Crippen LogP contribution in [0.15, 0.2) is 18.2 Å². The first-order valence-electron chi connectivity index (χ1n) is 6.41. The van der Waals surface area contributed by atoms with Crippen molar-refractivity contribution in [2.45, 2.75) is 31.8 Å². The number of hydrogen-bond donors (Lipinski definition) is 1. The van der Waals surface area contributed by atoms with Crippen LogP contribution in [0.2, 0.25) is 0 Å². The molecule has 3 rings (SSSR count). The number of fused-ring (bicyclic) bond motifs is 1. The zero-order chi connectivity index (χ0) is 11.8. The summed E-state index contributed by atoms with van der Waals surface area (Å²) >= 11 is 0. The molecule has 2 unspecified atom stereocenters. The molecule has 2 aliphatic rings. The lowest BCUT2D eigenvalue weighted by Gasteiger charge is -2.38. The molecule has 3 nitrogen and oxygen atoms in total. The molecule has 0 aromatic heterocycles. The maximum Gasteiger partial charge on any atom is 0.119 e. The smallest absolute Gasteiger partial charge is 0.119 e. The van der Waals surface area contributed by atoms with E-state index in [4.69, 9.17) is 4.74 Å². The summed E-state index contributed by atoms with van der Waals surface area (Å²) in [4.78, 5) is 2.52. The lowest BCUT2D eigenvalue weighted by Crippen LogP contribution is -2.45. The van der Waals surface area contributed by atoms with Crippen molar-refractivity contribution in [3.63, 3.8) is 0 Å². The van der Waals surface area contributed by atoms with Crippen LogP contribution >= 0.6 is 0 Å². The van der Waals surface area contributed by atoms with E-state index in [0.717, 1.165) is 38.2 Å². The predicted octanol–water partition coefficient (Wildman–Crippen LogP) is 2.10. The number of phenols is 1. The van der Waals surface area contributed by atoms with Crippen LogP contribution in [0, 0.1) is 0 Å². The second-order valence-electron chi connectivity index (χ2n) is 5.06. The van der Waals surface area contributed by atoms with Gasteiger partial charge in [-0.1, -0.05) is 12.1 Å². The summed E-state index contributed by atoms with van der Waals surface area (Å²) in [6, 6.07) is 6.86. The van der Waals surface area contributed by atoms with E-state index in [1.807, 2.05) is 6.07 Å². The number of rotatable bonds is 1. The van der Waals surface area contributed by atoms with E-state index >= 15 is 0 Å². The van der Waals surface area contributed by atoms with E-state index in [0.29, 0.717) is 17.8 Å². The van der Waals surface area contributed by atoms with Gasteiger partial charge in [0, 0.05) is 18.6 Å². The largest absolute Gasteiger partial charge is 0.508 e. The second kappa shape index (κ2) is 4.31. The number of morpholine rings is 1. The maximum absolute atomic E-state index is 9.87. The lowest BCUT2D eigenvalue weighted by atomic mass is 10.0. The summed E-state index contributed by atoms with van der Waals surface area (Å²) in [5, 5.41) is 9.87. The van der Waals surface area contributed by atoms with Gasteiger partial charge >= 0.3 is 0 Å². The molecule has 1 saturated heterocycles. The van der Waals surface area contributed by atoms with Crippen molar-refractivity contribution < 1.29 is 9.84 Å². The molecule has 0 amide bonds. The van der Waals surface area contributed by atoms with Gasteiger partial charge in [-0.25, -0.2) is 0 Å². The molecule has 1 aromatic rings. The van der Waals surface area contributed by atoms with Gasteiger partial charge in [-0.2, -0.15) is 0 Å². The second-order valence-corrected chi connectivity index (χ2v) is 5.06. The molecule has 1 heterocycles. The fraction of sp³-hybridized carbons (Fsp3) is 0.571. The number of benzene rings is 1. The number of nitrogens with zero attached hydrogens (tertiary/aromatic N) is 1. The van der Waals surface area contributed by atoms with Gasteiger partial charge in [-0.05, 0) is 37.0 Å². The zero-order valence-electron chi connectivity index (χ0n) is 10.2. The van der Waals surface area contributed by atoms with Gasteiger partial charge in [-0.3, -0.25) is 4.90 Å². The van der Waals surface area contributed by atoms with Gasteiger partial charge in [0.1, 0.15) is 5.75 Å². The highest BCUT2D eigenvalue weighted by atomic mass is 16.5. The fourth-order valence-corrected chi connectivity index (χ4v) is 3.16. The summed E-state index contributed by atoms with van der Waals surface area (Å²) in [5.74, 6) is 0.464. The Morgan fingerprint density at radius 1 is 1.41 bits per heavy atom. The normalized spacial score (nSPS) is 29.2. The topological polar surface area (TPSA) is 32.7 Å². The van der Waals surface area contributed by atoms with Gasteiger partial charge in [0.05, 0.1) is 13.2 Å². The minimum absolute atomic E-state index is 0.464. The quantitative estimate of drug-likeness (QED) is 0.806. The van der Waals surface area contributed by atoms with Gasteiger partial charge < -0.3 is 9.84 Å². The molecule has 1 fully saturated rings. The number of ether oxygens (including phenoxy) is 1. The van der Waals surface area contributed by atoms with Crippen LogP contribution < -0.4 is 0 Å². The molecule has 0 radical (unpaired) electrons. The third kappa shape index (κ3) is 1.83. The van der Waals surface area contributed by atoms with Crippen molar-refractivity contribution in [1.29, 1.82) is 0 Å². The van der Waals surface area contributed by atoms with E-state index in [1.54, 1.807) is 6.07 Å². The van der Waals surface area contributed by atoms with Crippen LogP contribution in [0.5, 0.6) is 5.75 Å². The average molecular weight is 233 g/mol. The molecule has 17 heavy (non-hydrogen) atoms. The van der Waals surface area contributed by atoms with Crippen LogP contribution in [0.4, 0.5) is 0 Å². The van der Waals surface area contributed by atoms with Gasteiger partial charge in [0.15, 0.2) is 0 Å². The minimum atomic E-state index is 0.464. The standard InChI is InChI=1S/C14H19NO2/c1-10-9-17-8-7-15(10)13-6-5-12-11(13)3-2-4-14(12)16/h2-4,10,13,16H,5-9H2,1H3. The Hall–Kier alpha value is -1.06.